The lowest BCUT2D eigenvalue weighted by molar-refractivity contribution is 0.0235. The summed E-state index contributed by atoms with van der Waals surface area (Å²) >= 11 is 5.42. The van der Waals surface area contributed by atoms with Gasteiger partial charge >= 0.3 is 0 Å². The lowest BCUT2D eigenvalue weighted by atomic mass is 10.1. The molecule has 1 aliphatic rings. The highest BCUT2D eigenvalue weighted by molar-refractivity contribution is 7.80. The normalized spacial score (nSPS) is 21.1. The first-order valence-electron chi connectivity index (χ1n) is 5.70. The summed E-state index contributed by atoms with van der Waals surface area (Å²) in [4.78, 5) is 6.21. The summed E-state index contributed by atoms with van der Waals surface area (Å²) < 4.78 is 7.53. The molecular formula is C11H17N3OS. The Bertz CT molecular complexity index is 337. The Morgan fingerprint density at radius 1 is 1.62 bits per heavy atom. The fraction of sp³-hybridized carbons (Fsp3) is 0.636. The minimum Gasteiger partial charge on any atom is -0.377 e. The van der Waals surface area contributed by atoms with E-state index in [0.29, 0.717) is 6.10 Å². The number of ether oxygens (including phenoxy) is 1. The predicted molar refractivity (Wildman–Crippen MR) is 66.4 cm³/mol. The van der Waals surface area contributed by atoms with Gasteiger partial charge in [-0.3, -0.25) is 4.57 Å². The van der Waals surface area contributed by atoms with Gasteiger partial charge in [-0.1, -0.05) is 0 Å². The van der Waals surface area contributed by atoms with Crippen molar-refractivity contribution < 1.29 is 4.74 Å². The highest BCUT2D eigenvalue weighted by atomic mass is 32.1. The van der Waals surface area contributed by atoms with E-state index in [-0.39, 0.29) is 0 Å². The molecule has 1 aromatic rings. The van der Waals surface area contributed by atoms with Gasteiger partial charge < -0.3 is 9.64 Å². The molecule has 5 heteroatoms. The molecule has 0 aliphatic carbocycles. The highest BCUT2D eigenvalue weighted by Crippen LogP contribution is 2.14. The van der Waals surface area contributed by atoms with Gasteiger partial charge in [-0.2, -0.15) is 0 Å². The lowest BCUT2D eigenvalue weighted by Crippen LogP contribution is -2.44. The molecule has 2 heterocycles. The monoisotopic (exact) mass is 239 g/mol. The minimum absolute atomic E-state index is 0.320. The highest BCUT2D eigenvalue weighted by Gasteiger charge is 2.22. The van der Waals surface area contributed by atoms with E-state index < -0.39 is 0 Å². The number of piperidine rings is 1. The third-order valence-electron chi connectivity index (χ3n) is 2.78. The Morgan fingerprint density at radius 2 is 2.50 bits per heavy atom. The maximum atomic E-state index is 5.65. The number of hydrogen-bond donors (Lipinski definition) is 0. The zero-order chi connectivity index (χ0) is 11.4. The van der Waals surface area contributed by atoms with E-state index >= 15 is 0 Å². The summed E-state index contributed by atoms with van der Waals surface area (Å²) in [5.74, 6) is 0. The molecule has 0 N–H and O–H groups in total. The van der Waals surface area contributed by atoms with Crippen molar-refractivity contribution in [2.45, 2.75) is 25.9 Å². The van der Waals surface area contributed by atoms with Crippen LogP contribution in [0.5, 0.6) is 0 Å². The fourth-order valence-electron chi connectivity index (χ4n) is 2.02. The second-order valence-corrected chi connectivity index (χ2v) is 4.28. The van der Waals surface area contributed by atoms with Crippen LogP contribution >= 0.6 is 12.2 Å². The summed E-state index contributed by atoms with van der Waals surface area (Å²) in [7, 11) is 0. The van der Waals surface area contributed by atoms with E-state index in [1.807, 2.05) is 17.7 Å². The average Bonchev–Trinajstić information content (AvgIpc) is 2.82. The summed E-state index contributed by atoms with van der Waals surface area (Å²) in [5, 5.41) is 0.821. The summed E-state index contributed by atoms with van der Waals surface area (Å²) in [6.07, 6.45) is 7.96. The number of imidazole rings is 1. The topological polar surface area (TPSA) is 30.3 Å². The van der Waals surface area contributed by atoms with Crippen LogP contribution in [0.2, 0.25) is 0 Å². The molecular weight excluding hydrogens is 222 g/mol. The van der Waals surface area contributed by atoms with Crippen molar-refractivity contribution in [3.63, 3.8) is 0 Å². The zero-order valence-electron chi connectivity index (χ0n) is 9.50. The summed E-state index contributed by atoms with van der Waals surface area (Å²) in [5.41, 5.74) is 0. The number of thiocarbonyl (C=S) groups is 1. The number of rotatable bonds is 2. The fourth-order valence-corrected chi connectivity index (χ4v) is 2.29. The molecule has 1 fully saturated rings. The molecule has 0 amide bonds. The zero-order valence-corrected chi connectivity index (χ0v) is 10.3. The number of hydrogen-bond acceptors (Lipinski definition) is 3. The van der Waals surface area contributed by atoms with Gasteiger partial charge in [-0.25, -0.2) is 4.98 Å². The van der Waals surface area contributed by atoms with Gasteiger partial charge in [-0.15, -0.1) is 0 Å². The van der Waals surface area contributed by atoms with Crippen molar-refractivity contribution in [1.82, 2.24) is 14.5 Å². The Balaban J connectivity index is 1.96. The van der Waals surface area contributed by atoms with Crippen LogP contribution in [0, 0.1) is 0 Å². The second kappa shape index (κ2) is 5.41. The van der Waals surface area contributed by atoms with Crippen molar-refractivity contribution in [3.05, 3.63) is 18.7 Å². The molecule has 0 bridgehead atoms. The average molecular weight is 239 g/mol. The van der Waals surface area contributed by atoms with E-state index in [0.717, 1.165) is 37.7 Å². The van der Waals surface area contributed by atoms with E-state index in [2.05, 4.69) is 9.88 Å². The van der Waals surface area contributed by atoms with Gasteiger partial charge in [0.05, 0.1) is 6.10 Å². The standard InChI is InChI=1S/C11H17N3OS/c1-2-15-10-4-3-6-13(8-10)11(16)14-7-5-12-9-14/h5,7,9-10H,2-4,6,8H2,1H3. The molecule has 88 valence electrons. The molecule has 1 aromatic heterocycles. The number of aromatic nitrogens is 2. The molecule has 0 spiro atoms. The van der Waals surface area contributed by atoms with Gasteiger partial charge in [0.25, 0.3) is 0 Å². The van der Waals surface area contributed by atoms with Gasteiger partial charge in [-0.05, 0) is 32.0 Å². The molecule has 1 atom stereocenters. The Hall–Kier alpha value is -0.940. The molecule has 0 saturated carbocycles. The van der Waals surface area contributed by atoms with Gasteiger partial charge in [0.1, 0.15) is 6.33 Å². The van der Waals surface area contributed by atoms with Crippen LogP contribution in [-0.2, 0) is 4.74 Å². The maximum absolute atomic E-state index is 5.65. The number of nitrogens with zero attached hydrogens (tertiary/aromatic N) is 3. The van der Waals surface area contributed by atoms with E-state index in [4.69, 9.17) is 17.0 Å². The van der Waals surface area contributed by atoms with Crippen LogP contribution in [0.3, 0.4) is 0 Å². The Labute approximate surface area is 101 Å². The van der Waals surface area contributed by atoms with Crippen molar-refractivity contribution in [2.75, 3.05) is 19.7 Å². The smallest absolute Gasteiger partial charge is 0.181 e. The van der Waals surface area contributed by atoms with Crippen LogP contribution in [-0.4, -0.2) is 45.4 Å². The van der Waals surface area contributed by atoms with Crippen LogP contribution in [0.1, 0.15) is 19.8 Å². The first-order valence-corrected chi connectivity index (χ1v) is 6.11. The van der Waals surface area contributed by atoms with Crippen molar-refractivity contribution in [2.24, 2.45) is 0 Å². The van der Waals surface area contributed by atoms with Crippen LogP contribution in [0.4, 0.5) is 0 Å². The van der Waals surface area contributed by atoms with Gasteiger partial charge in [0, 0.05) is 32.1 Å². The van der Waals surface area contributed by atoms with Crippen molar-refractivity contribution in [1.29, 1.82) is 0 Å². The van der Waals surface area contributed by atoms with Gasteiger partial charge in [0.2, 0.25) is 0 Å². The number of likely N-dealkylation sites (tertiary alicyclic amines) is 1. The molecule has 2 rings (SSSR count). The largest absolute Gasteiger partial charge is 0.377 e. The van der Waals surface area contributed by atoms with E-state index in [1.54, 1.807) is 12.5 Å². The summed E-state index contributed by atoms with van der Waals surface area (Å²) in [6, 6.07) is 0. The van der Waals surface area contributed by atoms with Gasteiger partial charge in [0.15, 0.2) is 5.11 Å². The quantitative estimate of drug-likeness (QED) is 0.732. The molecule has 1 aliphatic heterocycles. The third kappa shape index (κ3) is 2.59. The van der Waals surface area contributed by atoms with E-state index in [9.17, 15) is 0 Å². The van der Waals surface area contributed by atoms with Crippen molar-refractivity contribution >= 4 is 17.3 Å². The molecule has 1 unspecified atom stereocenters. The van der Waals surface area contributed by atoms with E-state index in [1.165, 1.54) is 0 Å². The molecule has 0 radical (unpaired) electrons. The lowest BCUT2D eigenvalue weighted by Gasteiger charge is -2.34. The van der Waals surface area contributed by atoms with Crippen molar-refractivity contribution in [3.8, 4) is 0 Å². The molecule has 0 aromatic carbocycles. The minimum atomic E-state index is 0.320. The first-order chi connectivity index (χ1) is 7.81. The Kier molecular flexibility index (Phi) is 3.90. The van der Waals surface area contributed by atoms with Crippen LogP contribution in [0.15, 0.2) is 18.7 Å². The molecule has 1 saturated heterocycles. The molecule has 16 heavy (non-hydrogen) atoms. The molecule has 4 nitrogen and oxygen atoms in total. The third-order valence-corrected chi connectivity index (χ3v) is 3.25. The first kappa shape index (κ1) is 11.5. The van der Waals surface area contributed by atoms with Crippen LogP contribution < -0.4 is 0 Å². The summed E-state index contributed by atoms with van der Waals surface area (Å²) in [6.45, 7) is 4.72. The van der Waals surface area contributed by atoms with Crippen LogP contribution in [0.25, 0.3) is 0 Å². The maximum Gasteiger partial charge on any atom is 0.181 e. The SMILES string of the molecule is CCOC1CCCN(C(=S)n2ccnc2)C1. The Morgan fingerprint density at radius 3 is 3.19 bits per heavy atom. The predicted octanol–water partition coefficient (Wildman–Crippen LogP) is 1.52. The second-order valence-electron chi connectivity index (χ2n) is 3.92.